The molecule has 8 heteroatoms. The van der Waals surface area contributed by atoms with Crippen LogP contribution in [0.4, 0.5) is 14.5 Å². The van der Waals surface area contributed by atoms with Gasteiger partial charge in [0.05, 0.1) is 25.3 Å². The molecule has 0 spiro atoms. The predicted molar refractivity (Wildman–Crippen MR) is 99.2 cm³/mol. The maximum Gasteiger partial charge on any atom is 0.232 e. The van der Waals surface area contributed by atoms with E-state index in [2.05, 4.69) is 4.99 Å². The standard InChI is InChI=1S/C20H21F2N3O3/c1-12-8-15-17(3-2-16(21)20(15)22)25(12)19(27)10-13-9-14(26)11-18(23-13)24-4-6-28-7-5-24/h2-3,11-12H,4-10H2,1H3/t12-/m1/s1. The molecular weight excluding hydrogens is 368 g/mol. The van der Waals surface area contributed by atoms with E-state index >= 15 is 0 Å². The molecule has 0 bridgehead atoms. The third-order valence-electron chi connectivity index (χ3n) is 5.27. The number of allylic oxidation sites excluding steroid dienone is 1. The number of fused-ring (bicyclic) bond motifs is 1. The summed E-state index contributed by atoms with van der Waals surface area (Å²) in [5.41, 5.74) is 1.10. The van der Waals surface area contributed by atoms with Gasteiger partial charge in [0.25, 0.3) is 0 Å². The number of ketones is 1. The Balaban J connectivity index is 1.54. The molecule has 1 amide bonds. The Kier molecular flexibility index (Phi) is 4.97. The number of carbonyl (C=O) groups is 2. The lowest BCUT2D eigenvalue weighted by Crippen LogP contribution is -2.38. The summed E-state index contributed by atoms with van der Waals surface area (Å²) in [7, 11) is 0. The van der Waals surface area contributed by atoms with Crippen molar-refractivity contribution in [2.24, 2.45) is 4.99 Å². The molecule has 0 radical (unpaired) electrons. The van der Waals surface area contributed by atoms with Crippen molar-refractivity contribution in [1.29, 1.82) is 0 Å². The average Bonchev–Trinajstić information content (AvgIpc) is 3.02. The molecule has 1 atom stereocenters. The number of hydrogen-bond acceptors (Lipinski definition) is 5. The van der Waals surface area contributed by atoms with Crippen LogP contribution in [-0.2, 0) is 20.7 Å². The van der Waals surface area contributed by atoms with Crippen molar-refractivity contribution >= 4 is 23.1 Å². The number of nitrogens with zero attached hydrogens (tertiary/aromatic N) is 3. The number of benzene rings is 1. The summed E-state index contributed by atoms with van der Waals surface area (Å²) in [4.78, 5) is 33.1. The van der Waals surface area contributed by atoms with Gasteiger partial charge in [-0.3, -0.25) is 9.59 Å². The molecule has 0 saturated carbocycles. The highest BCUT2D eigenvalue weighted by Gasteiger charge is 2.34. The van der Waals surface area contributed by atoms with Gasteiger partial charge in [0.2, 0.25) is 5.91 Å². The molecule has 3 aliphatic heterocycles. The van der Waals surface area contributed by atoms with Crippen molar-refractivity contribution < 1.29 is 23.1 Å². The van der Waals surface area contributed by atoms with Gasteiger partial charge in [-0.2, -0.15) is 0 Å². The van der Waals surface area contributed by atoms with E-state index in [0.29, 0.717) is 43.5 Å². The molecule has 0 aromatic heterocycles. The molecule has 0 unspecified atom stereocenters. The Morgan fingerprint density at radius 3 is 2.79 bits per heavy atom. The molecule has 4 rings (SSSR count). The normalized spacial score (nSPS) is 22.1. The van der Waals surface area contributed by atoms with Crippen molar-refractivity contribution in [2.75, 3.05) is 31.2 Å². The Labute approximate surface area is 161 Å². The van der Waals surface area contributed by atoms with E-state index in [1.807, 2.05) is 4.90 Å². The largest absolute Gasteiger partial charge is 0.378 e. The van der Waals surface area contributed by atoms with E-state index in [1.54, 1.807) is 6.92 Å². The van der Waals surface area contributed by atoms with Crippen molar-refractivity contribution in [3.8, 4) is 0 Å². The van der Waals surface area contributed by atoms with E-state index in [4.69, 9.17) is 4.74 Å². The maximum absolute atomic E-state index is 14.1. The van der Waals surface area contributed by atoms with Gasteiger partial charge in [0.1, 0.15) is 5.82 Å². The zero-order valence-corrected chi connectivity index (χ0v) is 15.6. The van der Waals surface area contributed by atoms with E-state index in [0.717, 1.165) is 6.07 Å². The fraction of sp³-hybridized carbons (Fsp3) is 0.450. The van der Waals surface area contributed by atoms with Crippen LogP contribution in [0.2, 0.25) is 0 Å². The fourth-order valence-corrected chi connectivity index (χ4v) is 3.95. The lowest BCUT2D eigenvalue weighted by atomic mass is 10.1. The Morgan fingerprint density at radius 1 is 1.29 bits per heavy atom. The smallest absolute Gasteiger partial charge is 0.232 e. The molecule has 1 aromatic carbocycles. The molecule has 3 aliphatic rings. The first-order valence-corrected chi connectivity index (χ1v) is 9.36. The lowest BCUT2D eigenvalue weighted by molar-refractivity contribution is -0.117. The summed E-state index contributed by atoms with van der Waals surface area (Å²) >= 11 is 0. The Hall–Kier alpha value is -2.61. The highest BCUT2D eigenvalue weighted by molar-refractivity contribution is 6.16. The van der Waals surface area contributed by atoms with Crippen LogP contribution in [-0.4, -0.2) is 54.6 Å². The quantitative estimate of drug-likeness (QED) is 0.795. The zero-order chi connectivity index (χ0) is 19.8. The van der Waals surface area contributed by atoms with Gasteiger partial charge in [-0.05, 0) is 25.5 Å². The number of rotatable bonds is 3. The van der Waals surface area contributed by atoms with Gasteiger partial charge in [-0.15, -0.1) is 0 Å². The van der Waals surface area contributed by atoms with Gasteiger partial charge >= 0.3 is 0 Å². The molecule has 1 fully saturated rings. The maximum atomic E-state index is 14.1. The predicted octanol–water partition coefficient (Wildman–Crippen LogP) is 2.22. The second-order valence-corrected chi connectivity index (χ2v) is 7.28. The summed E-state index contributed by atoms with van der Waals surface area (Å²) < 4.78 is 32.9. The SMILES string of the molecule is C[C@@H]1Cc2c(ccc(F)c2F)N1C(=O)CC1=NC(N2CCOCC2)=CC(=O)C1. The minimum atomic E-state index is -0.914. The van der Waals surface area contributed by atoms with E-state index < -0.39 is 11.6 Å². The molecule has 3 heterocycles. The summed E-state index contributed by atoms with van der Waals surface area (Å²) in [6.45, 7) is 4.22. The first-order chi connectivity index (χ1) is 13.4. The molecule has 6 nitrogen and oxygen atoms in total. The Morgan fingerprint density at radius 2 is 2.04 bits per heavy atom. The first-order valence-electron chi connectivity index (χ1n) is 9.36. The monoisotopic (exact) mass is 389 g/mol. The Bertz CT molecular complexity index is 891. The zero-order valence-electron chi connectivity index (χ0n) is 15.6. The summed E-state index contributed by atoms with van der Waals surface area (Å²) in [5.74, 6) is -1.62. The number of halogens is 2. The molecule has 28 heavy (non-hydrogen) atoms. The van der Waals surface area contributed by atoms with Crippen molar-refractivity contribution in [3.63, 3.8) is 0 Å². The van der Waals surface area contributed by atoms with Gasteiger partial charge in [-0.25, -0.2) is 13.8 Å². The van der Waals surface area contributed by atoms with Crippen LogP contribution >= 0.6 is 0 Å². The molecule has 1 saturated heterocycles. The van der Waals surface area contributed by atoms with Crippen molar-refractivity contribution in [1.82, 2.24) is 4.90 Å². The number of ether oxygens (including phenoxy) is 1. The molecule has 1 aromatic rings. The second-order valence-electron chi connectivity index (χ2n) is 7.28. The summed E-state index contributed by atoms with van der Waals surface area (Å²) in [5, 5.41) is 0. The number of aliphatic imine (C=N–C) groups is 1. The van der Waals surface area contributed by atoms with Crippen LogP contribution in [0.1, 0.15) is 25.3 Å². The average molecular weight is 389 g/mol. The molecule has 148 valence electrons. The van der Waals surface area contributed by atoms with Crippen LogP contribution in [0.5, 0.6) is 0 Å². The van der Waals surface area contributed by atoms with E-state index in [-0.39, 0.29) is 42.6 Å². The number of hydrogen-bond donors (Lipinski definition) is 0. The fourth-order valence-electron chi connectivity index (χ4n) is 3.95. The summed E-state index contributed by atoms with van der Waals surface area (Å²) in [6.07, 6.45) is 1.82. The van der Waals surface area contributed by atoms with E-state index in [1.165, 1.54) is 17.0 Å². The number of carbonyl (C=O) groups excluding carboxylic acids is 2. The number of amides is 1. The van der Waals surface area contributed by atoms with Crippen molar-refractivity contribution in [3.05, 3.63) is 41.2 Å². The van der Waals surface area contributed by atoms with E-state index in [9.17, 15) is 18.4 Å². The van der Waals surface area contributed by atoms with Crippen LogP contribution in [0, 0.1) is 11.6 Å². The third-order valence-corrected chi connectivity index (χ3v) is 5.27. The molecular formula is C20H21F2N3O3. The molecule has 0 aliphatic carbocycles. The number of anilines is 1. The van der Waals surface area contributed by atoms with Gasteiger partial charge in [-0.1, -0.05) is 0 Å². The van der Waals surface area contributed by atoms with Crippen molar-refractivity contribution in [2.45, 2.75) is 32.2 Å². The van der Waals surface area contributed by atoms with Crippen LogP contribution in [0.15, 0.2) is 29.0 Å². The topological polar surface area (TPSA) is 62.2 Å². The highest BCUT2D eigenvalue weighted by atomic mass is 19.2. The van der Waals surface area contributed by atoms with Crippen LogP contribution in [0.25, 0.3) is 0 Å². The minimum Gasteiger partial charge on any atom is -0.378 e. The van der Waals surface area contributed by atoms with Gasteiger partial charge in [0, 0.05) is 42.9 Å². The van der Waals surface area contributed by atoms with Crippen LogP contribution in [0.3, 0.4) is 0 Å². The number of morpholine rings is 1. The lowest BCUT2D eigenvalue weighted by Gasteiger charge is -2.30. The second kappa shape index (κ2) is 7.43. The highest BCUT2D eigenvalue weighted by Crippen LogP contribution is 2.35. The first kappa shape index (κ1) is 18.7. The molecule has 0 N–H and O–H groups in total. The third kappa shape index (κ3) is 3.44. The minimum absolute atomic E-state index is 0.0316. The summed E-state index contributed by atoms with van der Waals surface area (Å²) in [6, 6.07) is 2.18. The van der Waals surface area contributed by atoms with Gasteiger partial charge < -0.3 is 14.5 Å². The van der Waals surface area contributed by atoms with Crippen LogP contribution < -0.4 is 4.90 Å². The van der Waals surface area contributed by atoms with Gasteiger partial charge in [0.15, 0.2) is 17.4 Å².